The van der Waals surface area contributed by atoms with Crippen LogP contribution in [0.25, 0.3) is 0 Å². The van der Waals surface area contributed by atoms with Crippen molar-refractivity contribution in [3.8, 4) is 5.75 Å². The van der Waals surface area contributed by atoms with E-state index < -0.39 is 18.0 Å². The maximum absolute atomic E-state index is 13.1. The van der Waals surface area contributed by atoms with Gasteiger partial charge in [0, 0.05) is 25.9 Å². The molecule has 4 rings (SSSR count). The molecule has 3 heterocycles. The quantitative estimate of drug-likeness (QED) is 0.554. The van der Waals surface area contributed by atoms with Gasteiger partial charge in [-0.2, -0.15) is 22.9 Å². The van der Waals surface area contributed by atoms with Gasteiger partial charge in [0.25, 0.3) is 5.82 Å². The molecule has 0 radical (unpaired) electrons. The predicted molar refractivity (Wildman–Crippen MR) is 105 cm³/mol. The Hall–Kier alpha value is -2.59. The number of likely N-dealkylation sites (tertiary alicyclic amines) is 1. The van der Waals surface area contributed by atoms with Gasteiger partial charge in [-0.15, -0.1) is 10.2 Å². The second-order valence-electron chi connectivity index (χ2n) is 7.28. The van der Waals surface area contributed by atoms with Crippen molar-refractivity contribution in [1.82, 2.24) is 19.8 Å². The zero-order valence-corrected chi connectivity index (χ0v) is 17.9. The number of aryl methyl sites for hydroxylation is 1. The minimum Gasteiger partial charge on any atom is -0.870 e. The van der Waals surface area contributed by atoms with Crippen LogP contribution in [0.5, 0.6) is 5.75 Å². The molecule has 0 spiro atoms. The fraction of sp³-hybridized carbons (Fsp3) is 0.474. The van der Waals surface area contributed by atoms with Gasteiger partial charge in [-0.1, -0.05) is 12.1 Å². The third-order valence-corrected chi connectivity index (χ3v) is 5.32. The Bertz CT molecular complexity index is 960. The van der Waals surface area contributed by atoms with E-state index in [0.717, 1.165) is 23.1 Å². The smallest absolute Gasteiger partial charge is 0.870 e. The van der Waals surface area contributed by atoms with E-state index in [4.69, 9.17) is 9.84 Å². The van der Waals surface area contributed by atoms with Crippen molar-refractivity contribution in [1.29, 1.82) is 0 Å². The SMILES string of the molecule is O.O=C(O)COc1ccc(C2CCN(C3=Nn4c(nnc4C(F)(F)F)CC3)CC2)cc1.[Li+].[OH-]. The monoisotopic (exact) mass is 465 g/mol. The number of piperidine rings is 1. The van der Waals surface area contributed by atoms with Crippen LogP contribution in [0.1, 0.15) is 42.4 Å². The number of amidine groups is 1. The third-order valence-electron chi connectivity index (χ3n) is 5.32. The van der Waals surface area contributed by atoms with Crippen LogP contribution in [0.2, 0.25) is 0 Å². The van der Waals surface area contributed by atoms with Gasteiger partial charge < -0.3 is 25.7 Å². The van der Waals surface area contributed by atoms with Crippen LogP contribution in [0.3, 0.4) is 0 Å². The van der Waals surface area contributed by atoms with E-state index in [1.54, 1.807) is 12.1 Å². The fourth-order valence-electron chi connectivity index (χ4n) is 3.81. The van der Waals surface area contributed by atoms with Gasteiger partial charge >= 0.3 is 31.0 Å². The third kappa shape index (κ3) is 6.48. The summed E-state index contributed by atoms with van der Waals surface area (Å²) in [5, 5.41) is 19.7. The first-order valence-corrected chi connectivity index (χ1v) is 9.60. The number of fused-ring (bicyclic) bond motifs is 1. The van der Waals surface area contributed by atoms with Crippen LogP contribution in [-0.2, 0) is 17.4 Å². The zero-order chi connectivity index (χ0) is 21.3. The molecule has 1 aromatic carbocycles. The number of rotatable bonds is 4. The van der Waals surface area contributed by atoms with Gasteiger partial charge in [0.2, 0.25) is 0 Å². The van der Waals surface area contributed by atoms with E-state index in [1.807, 2.05) is 17.0 Å². The number of carboxylic acid groups (broad SMARTS) is 1. The van der Waals surface area contributed by atoms with Crippen LogP contribution in [-0.4, -0.2) is 67.3 Å². The number of nitrogens with zero attached hydrogens (tertiary/aromatic N) is 5. The summed E-state index contributed by atoms with van der Waals surface area (Å²) >= 11 is 0. The number of aliphatic carboxylic acids is 1. The van der Waals surface area contributed by atoms with E-state index in [2.05, 4.69) is 15.3 Å². The van der Waals surface area contributed by atoms with Gasteiger partial charge in [0.15, 0.2) is 12.4 Å². The average molecular weight is 465 g/mol. The molecule has 1 fully saturated rings. The fourth-order valence-corrected chi connectivity index (χ4v) is 3.81. The Labute approximate surface area is 199 Å². The van der Waals surface area contributed by atoms with Gasteiger partial charge in [-0.3, -0.25) is 0 Å². The van der Waals surface area contributed by atoms with E-state index in [9.17, 15) is 18.0 Å². The van der Waals surface area contributed by atoms with E-state index in [1.165, 1.54) is 0 Å². The van der Waals surface area contributed by atoms with Crippen molar-refractivity contribution in [3.05, 3.63) is 41.5 Å². The van der Waals surface area contributed by atoms with E-state index >= 15 is 0 Å². The number of benzene rings is 1. The number of aromatic nitrogens is 3. The minimum absolute atomic E-state index is 0. The predicted octanol–water partition coefficient (Wildman–Crippen LogP) is -1.25. The maximum atomic E-state index is 13.1. The average Bonchev–Trinajstić information content (AvgIpc) is 3.16. The molecule has 4 N–H and O–H groups in total. The number of alkyl halides is 3. The van der Waals surface area contributed by atoms with Crippen LogP contribution < -0.4 is 23.6 Å². The van der Waals surface area contributed by atoms with Gasteiger partial charge in [0.1, 0.15) is 11.6 Å². The van der Waals surface area contributed by atoms with Crippen LogP contribution in [0, 0.1) is 0 Å². The number of halogens is 3. The molecule has 0 bridgehead atoms. The Morgan fingerprint density at radius 1 is 1.12 bits per heavy atom. The summed E-state index contributed by atoms with van der Waals surface area (Å²) in [6.45, 7) is 1.00. The van der Waals surface area contributed by atoms with Crippen molar-refractivity contribution < 1.29 is 57.6 Å². The van der Waals surface area contributed by atoms with Gasteiger partial charge in [-0.25, -0.2) is 4.79 Å². The molecule has 176 valence electrons. The van der Waals surface area contributed by atoms with Crippen molar-refractivity contribution in [2.75, 3.05) is 19.7 Å². The van der Waals surface area contributed by atoms with Crippen LogP contribution >= 0.6 is 0 Å². The molecule has 2 aliphatic rings. The molecule has 0 aliphatic carbocycles. The molecule has 2 aromatic rings. The topological polar surface area (TPSA) is 154 Å². The molecule has 1 saturated heterocycles. The largest absolute Gasteiger partial charge is 1.00 e. The molecular weight excluding hydrogens is 442 g/mol. The molecular formula is C19H23F3LiN5O5. The van der Waals surface area contributed by atoms with Crippen molar-refractivity contribution in [3.63, 3.8) is 0 Å². The molecule has 1 aromatic heterocycles. The summed E-state index contributed by atoms with van der Waals surface area (Å²) in [5.41, 5.74) is 1.13. The first-order valence-electron chi connectivity index (χ1n) is 9.60. The van der Waals surface area contributed by atoms with Crippen molar-refractivity contribution in [2.24, 2.45) is 5.10 Å². The molecule has 0 atom stereocenters. The molecule has 2 aliphatic heterocycles. The molecule has 14 heteroatoms. The van der Waals surface area contributed by atoms with Crippen molar-refractivity contribution >= 4 is 11.8 Å². The standard InChI is InChI=1S/C19H20F3N5O3.Li.2H2O/c20-19(21,22)18-24-23-15-5-6-16(25-27(15)18)26-9-7-13(8-10-26)12-1-3-14(4-2-12)30-11-17(28)29;;;/h1-4,13H,5-11H2,(H,28,29);;2*1H2/q;+1;;/p-1. The normalized spacial score (nSPS) is 15.8. The van der Waals surface area contributed by atoms with E-state index in [0.29, 0.717) is 43.4 Å². The molecule has 33 heavy (non-hydrogen) atoms. The second kappa shape index (κ2) is 11.5. The van der Waals surface area contributed by atoms with Gasteiger partial charge in [0.05, 0.1) is 0 Å². The maximum Gasteiger partial charge on any atom is 1.00 e. The first kappa shape index (κ1) is 28.4. The number of hydrogen-bond acceptors (Lipinski definition) is 7. The number of ether oxygens (including phenoxy) is 1. The summed E-state index contributed by atoms with van der Waals surface area (Å²) < 4.78 is 45.2. The Balaban J connectivity index is 0.00000181. The number of hydrogen-bond donors (Lipinski definition) is 1. The summed E-state index contributed by atoms with van der Waals surface area (Å²) in [7, 11) is 0. The summed E-state index contributed by atoms with van der Waals surface area (Å²) in [4.78, 5) is 12.6. The van der Waals surface area contributed by atoms with Crippen LogP contribution in [0.15, 0.2) is 29.4 Å². The van der Waals surface area contributed by atoms with Crippen molar-refractivity contribution in [2.45, 2.75) is 37.8 Å². The molecule has 10 nitrogen and oxygen atoms in total. The minimum atomic E-state index is -4.59. The van der Waals surface area contributed by atoms with Crippen LogP contribution in [0.4, 0.5) is 13.2 Å². The molecule has 0 amide bonds. The first-order chi connectivity index (χ1) is 14.3. The number of carboxylic acids is 1. The van der Waals surface area contributed by atoms with E-state index in [-0.39, 0.29) is 42.2 Å². The van der Waals surface area contributed by atoms with Gasteiger partial charge in [-0.05, 0) is 36.5 Å². The summed E-state index contributed by atoms with van der Waals surface area (Å²) in [6.07, 6.45) is -1.99. The second-order valence-corrected chi connectivity index (χ2v) is 7.28. The Morgan fingerprint density at radius 3 is 2.33 bits per heavy atom. The Kier molecular flexibility index (Phi) is 9.92. The summed E-state index contributed by atoms with van der Waals surface area (Å²) in [5.74, 6) is -0.446. The zero-order valence-electron chi connectivity index (χ0n) is 17.9. The summed E-state index contributed by atoms with van der Waals surface area (Å²) in [6, 6.07) is 7.35. The number of carbonyl (C=O) groups is 1. The molecule has 0 unspecified atom stereocenters. The Morgan fingerprint density at radius 2 is 1.76 bits per heavy atom. The molecule has 0 saturated carbocycles.